The van der Waals surface area contributed by atoms with Gasteiger partial charge in [0.25, 0.3) is 0 Å². The molecule has 0 bridgehead atoms. The van der Waals surface area contributed by atoms with E-state index in [0.29, 0.717) is 12.4 Å². The molecule has 2 aromatic carbocycles. The summed E-state index contributed by atoms with van der Waals surface area (Å²) in [5, 5.41) is 3.33. The molecule has 1 aromatic heterocycles. The van der Waals surface area contributed by atoms with Crippen molar-refractivity contribution in [3.05, 3.63) is 78.2 Å². The van der Waals surface area contributed by atoms with Gasteiger partial charge in [-0.05, 0) is 61.6 Å². The van der Waals surface area contributed by atoms with Gasteiger partial charge in [-0.2, -0.15) is 0 Å². The van der Waals surface area contributed by atoms with Gasteiger partial charge in [0.1, 0.15) is 11.6 Å². The highest BCUT2D eigenvalue weighted by Gasteiger charge is 2.29. The Labute approximate surface area is 206 Å². The van der Waals surface area contributed by atoms with E-state index in [0.717, 1.165) is 63.2 Å². The van der Waals surface area contributed by atoms with Gasteiger partial charge < -0.3 is 10.2 Å². The number of piperidine rings is 2. The molecule has 2 fully saturated rings. The Balaban J connectivity index is 1.14. The summed E-state index contributed by atoms with van der Waals surface area (Å²) in [6.07, 6.45) is 5.55. The number of nitrogens with zero attached hydrogens (tertiary/aromatic N) is 4. The van der Waals surface area contributed by atoms with Gasteiger partial charge in [-0.3, -0.25) is 9.69 Å². The number of carbonyl (C=O) groups excluding carboxylic acids is 1. The Kier molecular flexibility index (Phi) is 7.33. The first-order valence-electron chi connectivity index (χ1n) is 12.5. The van der Waals surface area contributed by atoms with E-state index in [1.807, 2.05) is 12.1 Å². The summed E-state index contributed by atoms with van der Waals surface area (Å²) in [5.41, 5.74) is 2.11. The number of halogens is 1. The van der Waals surface area contributed by atoms with Crippen LogP contribution in [0, 0.1) is 11.7 Å². The molecule has 0 unspecified atom stereocenters. The topological polar surface area (TPSA) is 61.4 Å². The van der Waals surface area contributed by atoms with Gasteiger partial charge in [0.05, 0.1) is 5.92 Å². The number of aromatic nitrogens is 2. The average molecular weight is 474 g/mol. The van der Waals surface area contributed by atoms with Gasteiger partial charge in [-0.25, -0.2) is 14.4 Å². The van der Waals surface area contributed by atoms with Crippen molar-refractivity contribution in [3.8, 4) is 11.4 Å². The van der Waals surface area contributed by atoms with E-state index in [9.17, 15) is 9.18 Å². The van der Waals surface area contributed by atoms with Crippen molar-refractivity contribution in [3.63, 3.8) is 0 Å². The molecular formula is C28H32FN5O. The van der Waals surface area contributed by atoms with Crippen LogP contribution in [0.15, 0.2) is 66.9 Å². The molecule has 2 aliphatic heterocycles. The molecule has 0 spiro atoms. The van der Waals surface area contributed by atoms with Crippen LogP contribution >= 0.6 is 0 Å². The maximum Gasteiger partial charge on any atom is 0.225 e. The zero-order valence-electron chi connectivity index (χ0n) is 19.9. The lowest BCUT2D eigenvalue weighted by Crippen LogP contribution is -2.49. The molecular weight excluding hydrogens is 441 g/mol. The molecule has 1 N–H and O–H groups in total. The van der Waals surface area contributed by atoms with Crippen molar-refractivity contribution in [2.45, 2.75) is 38.3 Å². The van der Waals surface area contributed by atoms with Crippen molar-refractivity contribution in [1.82, 2.24) is 20.2 Å². The Morgan fingerprint density at radius 2 is 1.74 bits per heavy atom. The first-order chi connectivity index (χ1) is 17.1. The number of hydrogen-bond acceptors (Lipinski definition) is 5. The lowest BCUT2D eigenvalue weighted by Gasteiger charge is -2.36. The third-order valence-electron chi connectivity index (χ3n) is 7.04. The number of hydrogen-bond donors (Lipinski definition) is 1. The molecule has 0 saturated carbocycles. The highest BCUT2D eigenvalue weighted by molar-refractivity contribution is 5.80. The molecule has 1 amide bonds. The van der Waals surface area contributed by atoms with Crippen molar-refractivity contribution in [1.29, 1.82) is 0 Å². The predicted octanol–water partition coefficient (Wildman–Crippen LogP) is 4.28. The normalized spacial score (nSPS) is 19.5. The predicted molar refractivity (Wildman–Crippen MR) is 135 cm³/mol. The number of carbonyl (C=O) groups is 1. The van der Waals surface area contributed by atoms with E-state index in [-0.39, 0.29) is 23.7 Å². The monoisotopic (exact) mass is 473 g/mol. The number of rotatable bonds is 6. The Morgan fingerprint density at radius 1 is 0.971 bits per heavy atom. The molecule has 7 heteroatoms. The Hall–Kier alpha value is -3.32. The molecule has 1 atom stereocenters. The molecule has 182 valence electrons. The van der Waals surface area contributed by atoms with Gasteiger partial charge in [0, 0.05) is 50.5 Å². The molecule has 5 rings (SSSR count). The van der Waals surface area contributed by atoms with E-state index in [1.165, 1.54) is 17.7 Å². The first-order valence-corrected chi connectivity index (χ1v) is 12.5. The van der Waals surface area contributed by atoms with Crippen molar-refractivity contribution in [2.24, 2.45) is 5.92 Å². The summed E-state index contributed by atoms with van der Waals surface area (Å²) >= 11 is 0. The zero-order chi connectivity index (χ0) is 24.0. The first kappa shape index (κ1) is 23.4. The summed E-state index contributed by atoms with van der Waals surface area (Å²) in [5.74, 6) is 1.21. The highest BCUT2D eigenvalue weighted by Crippen LogP contribution is 2.25. The second-order valence-electron chi connectivity index (χ2n) is 9.58. The Bertz CT molecular complexity index is 1120. The van der Waals surface area contributed by atoms with E-state index < -0.39 is 0 Å². The average Bonchev–Trinajstić information content (AvgIpc) is 2.91. The van der Waals surface area contributed by atoms with Crippen LogP contribution < -0.4 is 10.2 Å². The summed E-state index contributed by atoms with van der Waals surface area (Å²) in [4.78, 5) is 26.8. The number of amides is 1. The number of benzene rings is 2. The zero-order valence-corrected chi connectivity index (χ0v) is 19.9. The van der Waals surface area contributed by atoms with E-state index in [4.69, 9.17) is 4.98 Å². The lowest BCUT2D eigenvalue weighted by molar-refractivity contribution is -0.126. The summed E-state index contributed by atoms with van der Waals surface area (Å²) < 4.78 is 13.3. The molecule has 6 nitrogen and oxygen atoms in total. The highest BCUT2D eigenvalue weighted by atomic mass is 19.1. The fourth-order valence-electron chi connectivity index (χ4n) is 5.06. The van der Waals surface area contributed by atoms with Gasteiger partial charge in [0.2, 0.25) is 5.91 Å². The van der Waals surface area contributed by atoms with Crippen LogP contribution in [0.2, 0.25) is 0 Å². The van der Waals surface area contributed by atoms with E-state index in [1.54, 1.807) is 18.3 Å². The fourth-order valence-corrected chi connectivity index (χ4v) is 5.06. The molecule has 35 heavy (non-hydrogen) atoms. The number of nitrogens with one attached hydrogen (secondary N) is 1. The van der Waals surface area contributed by atoms with Crippen LogP contribution in [0.5, 0.6) is 0 Å². The quantitative estimate of drug-likeness (QED) is 0.579. The number of anilines is 1. The maximum atomic E-state index is 13.3. The van der Waals surface area contributed by atoms with Crippen molar-refractivity contribution < 1.29 is 9.18 Å². The lowest BCUT2D eigenvalue weighted by atomic mass is 9.95. The largest absolute Gasteiger partial charge is 0.356 e. The summed E-state index contributed by atoms with van der Waals surface area (Å²) in [7, 11) is 0. The van der Waals surface area contributed by atoms with Gasteiger partial charge >= 0.3 is 0 Å². The van der Waals surface area contributed by atoms with Crippen LogP contribution in [0.3, 0.4) is 0 Å². The fraction of sp³-hybridized carbons (Fsp3) is 0.393. The maximum absolute atomic E-state index is 13.3. The molecule has 0 aliphatic carbocycles. The minimum atomic E-state index is -0.281. The van der Waals surface area contributed by atoms with E-state index >= 15 is 0 Å². The second kappa shape index (κ2) is 11.0. The summed E-state index contributed by atoms with van der Waals surface area (Å²) in [6.45, 7) is 4.49. The van der Waals surface area contributed by atoms with Crippen LogP contribution in [0.1, 0.15) is 31.2 Å². The Morgan fingerprint density at radius 3 is 2.51 bits per heavy atom. The van der Waals surface area contributed by atoms with Gasteiger partial charge in [-0.15, -0.1) is 0 Å². The van der Waals surface area contributed by atoms with Crippen molar-refractivity contribution >= 4 is 11.7 Å². The standard InChI is InChI=1S/C28H32FN5O/c29-24-10-8-22(9-11-24)27-30-15-12-26(32-27)34-16-4-7-23(20-34)28(35)31-25-13-17-33(18-14-25)19-21-5-2-1-3-6-21/h1-3,5-6,8-12,15,23,25H,4,7,13-14,16-20H2,(H,31,35)/t23-/m0/s1. The van der Waals surface area contributed by atoms with Crippen LogP contribution in [0.25, 0.3) is 11.4 Å². The number of likely N-dealkylation sites (tertiary alicyclic amines) is 1. The van der Waals surface area contributed by atoms with Crippen LogP contribution in [-0.4, -0.2) is 53.0 Å². The summed E-state index contributed by atoms with van der Waals surface area (Å²) in [6, 6.07) is 18.9. The molecule has 3 heterocycles. The third kappa shape index (κ3) is 6.03. The third-order valence-corrected chi connectivity index (χ3v) is 7.04. The smallest absolute Gasteiger partial charge is 0.225 e. The minimum Gasteiger partial charge on any atom is -0.356 e. The molecule has 0 radical (unpaired) electrons. The van der Waals surface area contributed by atoms with E-state index in [2.05, 4.69) is 44.4 Å². The molecule has 3 aromatic rings. The van der Waals surface area contributed by atoms with Crippen molar-refractivity contribution in [2.75, 3.05) is 31.1 Å². The molecule has 2 aliphatic rings. The molecule has 2 saturated heterocycles. The SMILES string of the molecule is O=C(NC1CCN(Cc2ccccc2)CC1)[C@H]1CCCN(c2ccnc(-c3ccc(F)cc3)n2)C1. The van der Waals surface area contributed by atoms with Gasteiger partial charge in [0.15, 0.2) is 5.82 Å². The minimum absolute atomic E-state index is 0.0460. The van der Waals surface area contributed by atoms with Crippen LogP contribution in [-0.2, 0) is 11.3 Å². The van der Waals surface area contributed by atoms with Gasteiger partial charge in [-0.1, -0.05) is 30.3 Å². The second-order valence-corrected chi connectivity index (χ2v) is 9.58. The van der Waals surface area contributed by atoms with Crippen LogP contribution in [0.4, 0.5) is 10.2 Å².